The Bertz CT molecular complexity index is 1910. The third kappa shape index (κ3) is 9.97. The van der Waals surface area contributed by atoms with Crippen molar-refractivity contribution in [1.29, 1.82) is 0 Å². The van der Waals surface area contributed by atoms with Crippen LogP contribution in [0.25, 0.3) is 10.9 Å². The molecule has 0 aliphatic carbocycles. The molecule has 3 saturated heterocycles. The van der Waals surface area contributed by atoms with E-state index in [1.165, 1.54) is 0 Å². The number of nitrogens with zero attached hydrogens (tertiary/aromatic N) is 3. The van der Waals surface area contributed by atoms with Gasteiger partial charge in [0.25, 0.3) is 0 Å². The van der Waals surface area contributed by atoms with Gasteiger partial charge in [-0.15, -0.1) is 0 Å². The lowest BCUT2D eigenvalue weighted by molar-refractivity contribution is -0.144. The molecule has 6 N–H and O–H groups in total. The molecule has 3 aliphatic rings. The smallest absolute Gasteiger partial charge is 0.307 e. The Labute approximate surface area is 328 Å². The molecule has 0 saturated carbocycles. The van der Waals surface area contributed by atoms with Gasteiger partial charge in [-0.25, -0.2) is 9.97 Å². The Hall–Kier alpha value is -4.75. The summed E-state index contributed by atoms with van der Waals surface area (Å²) in [5.74, 6) is -3.06. The third-order valence-electron chi connectivity index (χ3n) is 12.2. The second-order valence-corrected chi connectivity index (χ2v) is 16.1. The molecule has 4 aromatic rings. The first kappa shape index (κ1) is 39.5. The van der Waals surface area contributed by atoms with Gasteiger partial charge in [-0.3, -0.25) is 19.3 Å². The molecule has 4 heterocycles. The fraction of sp³-hybridized carbons (Fsp3) is 0.477. The number of benzene rings is 3. The third-order valence-corrected chi connectivity index (χ3v) is 12.2. The predicted molar refractivity (Wildman–Crippen MR) is 213 cm³/mol. The molecule has 12 heteroatoms. The highest BCUT2D eigenvalue weighted by Gasteiger charge is 2.33. The van der Waals surface area contributed by atoms with Gasteiger partial charge in [-0.2, -0.15) is 0 Å². The first-order valence-corrected chi connectivity index (χ1v) is 20.1. The van der Waals surface area contributed by atoms with E-state index in [-0.39, 0.29) is 24.2 Å². The van der Waals surface area contributed by atoms with Crippen LogP contribution in [0.5, 0.6) is 0 Å². The summed E-state index contributed by atoms with van der Waals surface area (Å²) in [5.41, 5.74) is 5.92. The molecule has 56 heavy (non-hydrogen) atoms. The standard InChI is InChI=1S/C44H54N6O6/c51-42(52)37(32-10-13-45-21-32)18-28-4-1-6-30(16-28)25-50(26-31-7-2-5-29(17-31)19-38(43(53)54)33-11-14-46-22-33)27-36-9-3-8-35-24-48-40(49-41(35)36)20-39(44(55)56)34-12-15-47-23-34/h1-9,16-17,24,32-34,37-39,45-47H,10-15,18-23,25-27H2,(H,51,52)(H,53,54)(H,55,56). The second-order valence-electron chi connectivity index (χ2n) is 16.1. The molecule has 3 aromatic carbocycles. The normalized spacial score (nSPS) is 21.3. The number of aliphatic carboxylic acids is 3. The number of fused-ring (bicyclic) bond motifs is 1. The van der Waals surface area contributed by atoms with E-state index in [0.717, 1.165) is 90.7 Å². The minimum Gasteiger partial charge on any atom is -0.481 e. The first-order chi connectivity index (χ1) is 27.2. The zero-order valence-electron chi connectivity index (χ0n) is 31.9. The number of aromatic nitrogens is 2. The van der Waals surface area contributed by atoms with Crippen LogP contribution in [-0.4, -0.2) is 87.4 Å². The Kier molecular flexibility index (Phi) is 13.0. The van der Waals surface area contributed by atoms with E-state index in [1.807, 2.05) is 36.4 Å². The number of carboxylic acid groups (broad SMARTS) is 3. The van der Waals surface area contributed by atoms with Crippen molar-refractivity contribution < 1.29 is 29.7 Å². The van der Waals surface area contributed by atoms with Crippen LogP contribution in [0.2, 0.25) is 0 Å². The van der Waals surface area contributed by atoms with Crippen LogP contribution in [0.1, 0.15) is 52.9 Å². The quantitative estimate of drug-likeness (QED) is 0.0845. The summed E-state index contributed by atoms with van der Waals surface area (Å²) in [5, 5.41) is 41.2. The summed E-state index contributed by atoms with van der Waals surface area (Å²) in [4.78, 5) is 48.9. The number of para-hydroxylation sites is 1. The van der Waals surface area contributed by atoms with Gasteiger partial charge in [0.1, 0.15) is 5.82 Å². The lowest BCUT2D eigenvalue weighted by Crippen LogP contribution is -2.28. The largest absolute Gasteiger partial charge is 0.481 e. The van der Waals surface area contributed by atoms with Gasteiger partial charge >= 0.3 is 17.9 Å². The number of hydrogen-bond acceptors (Lipinski definition) is 9. The summed E-state index contributed by atoms with van der Waals surface area (Å²) in [7, 11) is 0. The van der Waals surface area contributed by atoms with Crippen molar-refractivity contribution in [3.8, 4) is 0 Å². The molecule has 296 valence electrons. The fourth-order valence-electron chi connectivity index (χ4n) is 9.15. The fourth-order valence-corrected chi connectivity index (χ4v) is 9.15. The molecular weight excluding hydrogens is 709 g/mol. The van der Waals surface area contributed by atoms with Crippen LogP contribution >= 0.6 is 0 Å². The van der Waals surface area contributed by atoms with Crippen LogP contribution in [0.3, 0.4) is 0 Å². The molecular formula is C44H54N6O6. The van der Waals surface area contributed by atoms with E-state index >= 15 is 0 Å². The van der Waals surface area contributed by atoms with Crippen LogP contribution in [0.15, 0.2) is 72.9 Å². The maximum Gasteiger partial charge on any atom is 0.307 e. The van der Waals surface area contributed by atoms with E-state index < -0.39 is 35.7 Å². The molecule has 0 amide bonds. The van der Waals surface area contributed by atoms with Crippen molar-refractivity contribution >= 4 is 28.8 Å². The van der Waals surface area contributed by atoms with Crippen LogP contribution in [0, 0.1) is 35.5 Å². The van der Waals surface area contributed by atoms with Crippen molar-refractivity contribution in [1.82, 2.24) is 30.8 Å². The number of carbonyl (C=O) groups is 3. The van der Waals surface area contributed by atoms with Crippen molar-refractivity contribution in [2.45, 2.75) is 58.2 Å². The number of carboxylic acids is 3. The zero-order chi connectivity index (χ0) is 39.0. The average Bonchev–Trinajstić information content (AvgIpc) is 4.01. The molecule has 3 aliphatic heterocycles. The van der Waals surface area contributed by atoms with Crippen molar-refractivity contribution in [3.63, 3.8) is 0 Å². The lowest BCUT2D eigenvalue weighted by atomic mass is 9.86. The summed E-state index contributed by atoms with van der Waals surface area (Å²) in [6.45, 7) is 6.32. The minimum absolute atomic E-state index is 0.0327. The van der Waals surface area contributed by atoms with Crippen molar-refractivity contribution in [2.24, 2.45) is 35.5 Å². The van der Waals surface area contributed by atoms with Crippen LogP contribution in [-0.2, 0) is 53.3 Å². The van der Waals surface area contributed by atoms with Crippen molar-refractivity contribution in [2.75, 3.05) is 39.3 Å². The summed E-state index contributed by atoms with van der Waals surface area (Å²) < 4.78 is 0. The highest BCUT2D eigenvalue weighted by atomic mass is 16.4. The van der Waals surface area contributed by atoms with E-state index in [0.29, 0.717) is 44.8 Å². The lowest BCUT2D eigenvalue weighted by Gasteiger charge is -2.25. The Morgan fingerprint density at radius 1 is 0.625 bits per heavy atom. The van der Waals surface area contributed by atoms with E-state index in [4.69, 9.17) is 4.98 Å². The van der Waals surface area contributed by atoms with Gasteiger partial charge in [0.15, 0.2) is 0 Å². The SMILES string of the molecule is O=C(O)C(Cc1cccc(CN(Cc2cccc(CC(C(=O)O)C3CCNC3)c2)Cc2cccc3cnc(CC(C(=O)O)C4CCNC4)nc23)c1)C1CCNC1. The molecule has 0 bridgehead atoms. The number of rotatable bonds is 18. The van der Waals surface area contributed by atoms with Gasteiger partial charge in [-0.1, -0.05) is 66.7 Å². The molecule has 1 aromatic heterocycles. The van der Waals surface area contributed by atoms with Gasteiger partial charge in [-0.05, 0) is 117 Å². The average molecular weight is 763 g/mol. The van der Waals surface area contributed by atoms with Gasteiger partial charge in [0.05, 0.1) is 23.3 Å². The van der Waals surface area contributed by atoms with Crippen LogP contribution in [0.4, 0.5) is 0 Å². The van der Waals surface area contributed by atoms with E-state index in [1.54, 1.807) is 6.20 Å². The molecule has 7 rings (SSSR count). The molecule has 6 unspecified atom stereocenters. The highest BCUT2D eigenvalue weighted by Crippen LogP contribution is 2.28. The van der Waals surface area contributed by atoms with E-state index in [9.17, 15) is 29.7 Å². The Morgan fingerprint density at radius 2 is 1.09 bits per heavy atom. The summed E-state index contributed by atoms with van der Waals surface area (Å²) >= 11 is 0. The van der Waals surface area contributed by atoms with Gasteiger partial charge in [0, 0.05) is 37.6 Å². The first-order valence-electron chi connectivity index (χ1n) is 20.1. The van der Waals surface area contributed by atoms with Crippen molar-refractivity contribution in [3.05, 3.63) is 107 Å². The van der Waals surface area contributed by atoms with E-state index in [2.05, 4.69) is 56.2 Å². The molecule has 0 radical (unpaired) electrons. The van der Waals surface area contributed by atoms with Gasteiger partial charge in [0.2, 0.25) is 0 Å². The second kappa shape index (κ2) is 18.5. The molecule has 3 fully saturated rings. The summed E-state index contributed by atoms with van der Waals surface area (Å²) in [6, 6.07) is 22.5. The Morgan fingerprint density at radius 3 is 1.55 bits per heavy atom. The zero-order valence-corrected chi connectivity index (χ0v) is 31.9. The van der Waals surface area contributed by atoms with Crippen LogP contribution < -0.4 is 16.0 Å². The van der Waals surface area contributed by atoms with Gasteiger partial charge < -0.3 is 31.3 Å². The molecule has 0 spiro atoms. The molecule has 6 atom stereocenters. The Balaban J connectivity index is 1.17. The monoisotopic (exact) mass is 762 g/mol. The minimum atomic E-state index is -0.824. The number of hydrogen-bond donors (Lipinski definition) is 6. The predicted octanol–water partition coefficient (Wildman–Crippen LogP) is 4.39. The molecule has 12 nitrogen and oxygen atoms in total. The topological polar surface area (TPSA) is 177 Å². The summed E-state index contributed by atoms with van der Waals surface area (Å²) in [6.07, 6.45) is 5.53. The maximum atomic E-state index is 12.3. The number of nitrogens with one attached hydrogen (secondary N) is 3. The highest BCUT2D eigenvalue weighted by molar-refractivity contribution is 5.81. The maximum absolute atomic E-state index is 12.3.